The second-order valence-electron chi connectivity index (χ2n) is 4.40. The van der Waals surface area contributed by atoms with E-state index in [2.05, 4.69) is 0 Å². The lowest BCUT2D eigenvalue weighted by Crippen LogP contribution is -2.12. The molecule has 1 aliphatic heterocycles. The number of hydrogen-bond acceptors (Lipinski definition) is 5. The van der Waals surface area contributed by atoms with E-state index in [1.807, 2.05) is 17.5 Å². The summed E-state index contributed by atoms with van der Waals surface area (Å²) in [6.45, 7) is 0.739. The molecule has 0 fully saturated rings. The minimum atomic E-state index is -0.896. The van der Waals surface area contributed by atoms with Gasteiger partial charge in [0.2, 0.25) is 0 Å². The molecule has 3 rings (SSSR count). The summed E-state index contributed by atoms with van der Waals surface area (Å²) >= 11 is 8.90. The number of carboxylic acid groups (broad SMARTS) is 1. The Morgan fingerprint density at radius 3 is 3.05 bits per heavy atom. The van der Waals surface area contributed by atoms with Gasteiger partial charge in [0.05, 0.1) is 6.61 Å². The molecule has 0 radical (unpaired) electrons. The van der Waals surface area contributed by atoms with Crippen LogP contribution in [0, 0.1) is 0 Å². The molecule has 0 spiro atoms. The second kappa shape index (κ2) is 6.27. The number of halogens is 1. The summed E-state index contributed by atoms with van der Waals surface area (Å²) in [6, 6.07) is 5.40. The Morgan fingerprint density at radius 2 is 2.29 bits per heavy atom. The van der Waals surface area contributed by atoms with Crippen LogP contribution in [-0.2, 0) is 17.1 Å². The fourth-order valence-electron chi connectivity index (χ4n) is 2.03. The first kappa shape index (κ1) is 14.7. The number of benzene rings is 1. The summed E-state index contributed by atoms with van der Waals surface area (Å²) in [5, 5.41) is 11.4. The molecule has 2 heterocycles. The first-order valence-electron chi connectivity index (χ1n) is 6.10. The van der Waals surface area contributed by atoms with Crippen molar-refractivity contribution < 1.29 is 19.4 Å². The van der Waals surface area contributed by atoms with Crippen LogP contribution in [0.15, 0.2) is 28.5 Å². The Bertz CT molecular complexity index is 684. The van der Waals surface area contributed by atoms with E-state index >= 15 is 0 Å². The number of thioether (sulfide) groups is 1. The highest BCUT2D eigenvalue weighted by Crippen LogP contribution is 2.36. The number of carboxylic acids is 1. The number of hydrogen-bond donors (Lipinski definition) is 1. The molecular weight excluding hydrogens is 332 g/mol. The van der Waals surface area contributed by atoms with Gasteiger partial charge in [-0.1, -0.05) is 11.6 Å². The lowest BCUT2D eigenvalue weighted by Gasteiger charge is -2.20. The number of carbonyl (C=O) groups is 1. The maximum atomic E-state index is 10.9. The van der Waals surface area contributed by atoms with Gasteiger partial charge < -0.3 is 14.6 Å². The van der Waals surface area contributed by atoms with Gasteiger partial charge in [0, 0.05) is 32.2 Å². The van der Waals surface area contributed by atoms with Crippen LogP contribution in [0.2, 0.25) is 5.02 Å². The third kappa shape index (κ3) is 3.35. The van der Waals surface area contributed by atoms with E-state index in [1.54, 1.807) is 17.8 Å². The molecule has 1 aromatic carbocycles. The SMILES string of the molecule is O=C(O)c1cc(SCc2cc(Cl)cc3c2OCOC3)cs1. The fraction of sp³-hybridized carbons (Fsp3) is 0.214. The van der Waals surface area contributed by atoms with Crippen molar-refractivity contribution >= 4 is 40.7 Å². The monoisotopic (exact) mass is 342 g/mol. The largest absolute Gasteiger partial charge is 0.477 e. The lowest BCUT2D eigenvalue weighted by atomic mass is 10.1. The van der Waals surface area contributed by atoms with Crippen molar-refractivity contribution in [1.29, 1.82) is 0 Å². The Labute approximate surface area is 134 Å². The van der Waals surface area contributed by atoms with Crippen molar-refractivity contribution in [3.8, 4) is 5.75 Å². The molecule has 21 heavy (non-hydrogen) atoms. The van der Waals surface area contributed by atoms with Crippen LogP contribution in [-0.4, -0.2) is 17.9 Å². The van der Waals surface area contributed by atoms with Crippen molar-refractivity contribution in [3.05, 3.63) is 44.6 Å². The summed E-state index contributed by atoms with van der Waals surface area (Å²) < 4.78 is 10.8. The number of rotatable bonds is 4. The average molecular weight is 343 g/mol. The van der Waals surface area contributed by atoms with Crippen LogP contribution in [0.3, 0.4) is 0 Å². The molecule has 0 saturated heterocycles. The van der Waals surface area contributed by atoms with Crippen LogP contribution < -0.4 is 4.74 Å². The Kier molecular flexibility index (Phi) is 4.40. The fourth-order valence-corrected chi connectivity index (χ4v) is 4.13. The summed E-state index contributed by atoms with van der Waals surface area (Å²) in [5.41, 5.74) is 1.94. The van der Waals surface area contributed by atoms with Crippen molar-refractivity contribution in [2.24, 2.45) is 0 Å². The molecule has 0 bridgehead atoms. The van der Waals surface area contributed by atoms with E-state index in [-0.39, 0.29) is 6.79 Å². The predicted molar refractivity (Wildman–Crippen MR) is 82.6 cm³/mol. The maximum absolute atomic E-state index is 10.9. The van der Waals surface area contributed by atoms with Gasteiger partial charge in [-0.25, -0.2) is 4.79 Å². The summed E-state index contributed by atoms with van der Waals surface area (Å²) in [7, 11) is 0. The minimum absolute atomic E-state index is 0.244. The summed E-state index contributed by atoms with van der Waals surface area (Å²) in [6.07, 6.45) is 0. The molecule has 110 valence electrons. The molecule has 1 N–H and O–H groups in total. The van der Waals surface area contributed by atoms with Gasteiger partial charge in [-0.2, -0.15) is 0 Å². The molecule has 0 atom stereocenters. The van der Waals surface area contributed by atoms with Crippen LogP contribution in [0.1, 0.15) is 20.8 Å². The molecule has 1 aliphatic rings. The normalized spacial score (nSPS) is 13.6. The van der Waals surface area contributed by atoms with Crippen molar-refractivity contribution in [2.75, 3.05) is 6.79 Å². The molecule has 1 aromatic heterocycles. The Morgan fingerprint density at radius 1 is 1.43 bits per heavy atom. The van der Waals surface area contributed by atoms with Gasteiger partial charge in [-0.05, 0) is 18.2 Å². The van der Waals surface area contributed by atoms with Gasteiger partial charge in [-0.15, -0.1) is 23.1 Å². The number of ether oxygens (including phenoxy) is 2. The zero-order chi connectivity index (χ0) is 14.8. The molecule has 0 unspecified atom stereocenters. The summed E-state index contributed by atoms with van der Waals surface area (Å²) in [4.78, 5) is 12.1. The standard InChI is InChI=1S/C14H11ClO4S2/c15-10-1-8-4-18-7-19-13(8)9(2-10)5-20-11-3-12(14(16)17)21-6-11/h1-3,6H,4-5,7H2,(H,16,17). The third-order valence-corrected chi connectivity index (χ3v) is 5.24. The summed E-state index contributed by atoms with van der Waals surface area (Å²) in [5.74, 6) is 0.595. The van der Waals surface area contributed by atoms with Crippen LogP contribution in [0.5, 0.6) is 5.75 Å². The van der Waals surface area contributed by atoms with Crippen LogP contribution >= 0.6 is 34.7 Å². The highest BCUT2D eigenvalue weighted by molar-refractivity contribution is 7.98. The van der Waals surface area contributed by atoms with Crippen LogP contribution in [0.25, 0.3) is 0 Å². The Hall–Kier alpha value is -1.21. The molecule has 0 aliphatic carbocycles. The van der Waals surface area contributed by atoms with E-state index in [9.17, 15) is 4.79 Å². The molecular formula is C14H11ClO4S2. The average Bonchev–Trinajstić information content (AvgIpc) is 2.93. The smallest absolute Gasteiger partial charge is 0.345 e. The molecule has 7 heteroatoms. The highest BCUT2D eigenvalue weighted by Gasteiger charge is 2.17. The van der Waals surface area contributed by atoms with Gasteiger partial charge in [-0.3, -0.25) is 0 Å². The van der Waals surface area contributed by atoms with E-state index in [4.69, 9.17) is 26.2 Å². The van der Waals surface area contributed by atoms with Crippen molar-refractivity contribution in [2.45, 2.75) is 17.3 Å². The van der Waals surface area contributed by atoms with Gasteiger partial charge in [0.15, 0.2) is 6.79 Å². The van der Waals surface area contributed by atoms with Crippen molar-refractivity contribution in [3.63, 3.8) is 0 Å². The zero-order valence-corrected chi connectivity index (χ0v) is 13.2. The van der Waals surface area contributed by atoms with Gasteiger partial charge in [0.1, 0.15) is 10.6 Å². The number of fused-ring (bicyclic) bond motifs is 1. The lowest BCUT2D eigenvalue weighted by molar-refractivity contribution is -0.0168. The number of thiophene rings is 1. The topological polar surface area (TPSA) is 55.8 Å². The molecule has 4 nitrogen and oxygen atoms in total. The first-order chi connectivity index (χ1) is 10.1. The Balaban J connectivity index is 1.78. The predicted octanol–water partition coefficient (Wildman–Crippen LogP) is 4.26. The van der Waals surface area contributed by atoms with E-state index in [0.29, 0.717) is 22.3 Å². The minimum Gasteiger partial charge on any atom is -0.477 e. The van der Waals surface area contributed by atoms with E-state index < -0.39 is 5.97 Å². The second-order valence-corrected chi connectivity index (χ2v) is 6.80. The molecule has 2 aromatic rings. The zero-order valence-electron chi connectivity index (χ0n) is 10.8. The third-order valence-electron chi connectivity index (χ3n) is 2.93. The quantitative estimate of drug-likeness (QED) is 0.841. The van der Waals surface area contributed by atoms with E-state index in [1.165, 1.54) is 11.3 Å². The van der Waals surface area contributed by atoms with Crippen LogP contribution in [0.4, 0.5) is 0 Å². The first-order valence-corrected chi connectivity index (χ1v) is 8.34. The van der Waals surface area contributed by atoms with Crippen molar-refractivity contribution in [1.82, 2.24) is 0 Å². The maximum Gasteiger partial charge on any atom is 0.345 e. The highest BCUT2D eigenvalue weighted by atomic mass is 35.5. The van der Waals surface area contributed by atoms with Gasteiger partial charge >= 0.3 is 5.97 Å². The van der Waals surface area contributed by atoms with E-state index in [0.717, 1.165) is 21.8 Å². The molecule has 0 amide bonds. The molecule has 0 saturated carbocycles. The number of aromatic carboxylic acids is 1. The van der Waals surface area contributed by atoms with Gasteiger partial charge in [0.25, 0.3) is 0 Å².